The summed E-state index contributed by atoms with van der Waals surface area (Å²) in [5, 5.41) is 4.96. The molecule has 1 aromatic carbocycles. The predicted molar refractivity (Wildman–Crippen MR) is 102 cm³/mol. The van der Waals surface area contributed by atoms with E-state index < -0.39 is 0 Å². The van der Waals surface area contributed by atoms with Gasteiger partial charge in [0.1, 0.15) is 11.5 Å². The van der Waals surface area contributed by atoms with Crippen LogP contribution in [0.3, 0.4) is 0 Å². The fraction of sp³-hybridized carbons (Fsp3) is 0.350. The summed E-state index contributed by atoms with van der Waals surface area (Å²) in [5.74, 6) is 2.03. The van der Waals surface area contributed by atoms with E-state index >= 15 is 0 Å². The highest BCUT2D eigenvalue weighted by Gasteiger charge is 2.25. The van der Waals surface area contributed by atoms with Crippen LogP contribution in [0.4, 0.5) is 0 Å². The lowest BCUT2D eigenvalue weighted by Gasteiger charge is -2.11. The number of aromatic amines is 1. The number of nitrogens with zero attached hydrogens (tertiary/aromatic N) is 3. The van der Waals surface area contributed by atoms with E-state index in [1.807, 2.05) is 30.5 Å². The highest BCUT2D eigenvalue weighted by atomic mass is 16.5. The molecule has 7 heteroatoms. The van der Waals surface area contributed by atoms with E-state index in [-0.39, 0.29) is 5.69 Å². The van der Waals surface area contributed by atoms with Crippen molar-refractivity contribution in [2.24, 2.45) is 5.92 Å². The van der Waals surface area contributed by atoms with Crippen molar-refractivity contribution in [3.8, 4) is 16.9 Å². The van der Waals surface area contributed by atoms with E-state index in [1.165, 1.54) is 12.8 Å². The maximum Gasteiger partial charge on any atom is 0.326 e. The number of methoxy groups -OCH3 is 1. The maximum atomic E-state index is 12.5. The molecule has 0 aliphatic heterocycles. The molecule has 0 unspecified atom stereocenters. The molecule has 0 amide bonds. The van der Waals surface area contributed by atoms with Gasteiger partial charge in [-0.3, -0.25) is 9.55 Å². The number of ether oxygens (including phenoxy) is 1. The van der Waals surface area contributed by atoms with Crippen LogP contribution in [-0.2, 0) is 6.54 Å². The zero-order valence-corrected chi connectivity index (χ0v) is 15.5. The number of benzene rings is 1. The molecular weight excluding hydrogens is 344 g/mol. The lowest BCUT2D eigenvalue weighted by atomic mass is 10.0. The molecule has 3 aromatic heterocycles. The summed E-state index contributed by atoms with van der Waals surface area (Å²) >= 11 is 0. The minimum atomic E-state index is -0.0834. The van der Waals surface area contributed by atoms with Gasteiger partial charge in [-0.2, -0.15) is 0 Å². The highest BCUT2D eigenvalue weighted by molar-refractivity contribution is 6.04. The molecular formula is C20H20N4O3. The number of fused-ring (bicyclic) bond motifs is 3. The standard InChI is InChI=1S/C20H20N4O3/c1-10-18(11(2)27-23-10)14-6-15-13(7-17(14)26-3)19-16(8-21-15)22-20(25)24(19)9-12-4-5-12/h6-8,12H,4-5,9H2,1-3H3,(H,22,25). The summed E-state index contributed by atoms with van der Waals surface area (Å²) in [7, 11) is 1.64. The molecule has 1 fully saturated rings. The van der Waals surface area contributed by atoms with E-state index in [2.05, 4.69) is 15.1 Å². The molecule has 0 bridgehead atoms. The molecule has 27 heavy (non-hydrogen) atoms. The van der Waals surface area contributed by atoms with Crippen LogP contribution >= 0.6 is 0 Å². The Bertz CT molecular complexity index is 1220. The molecule has 5 rings (SSSR count). The van der Waals surface area contributed by atoms with Crippen LogP contribution in [0.2, 0.25) is 0 Å². The quantitative estimate of drug-likeness (QED) is 0.598. The molecule has 0 radical (unpaired) electrons. The monoisotopic (exact) mass is 364 g/mol. The number of rotatable bonds is 4. The Balaban J connectivity index is 1.82. The molecule has 0 saturated heterocycles. The Morgan fingerprint density at radius 2 is 2.15 bits per heavy atom. The van der Waals surface area contributed by atoms with Crippen molar-refractivity contribution in [1.82, 2.24) is 19.7 Å². The summed E-state index contributed by atoms with van der Waals surface area (Å²) in [6.45, 7) is 4.53. The van der Waals surface area contributed by atoms with Crippen molar-refractivity contribution < 1.29 is 9.26 Å². The number of aromatic nitrogens is 4. The van der Waals surface area contributed by atoms with Gasteiger partial charge in [0.2, 0.25) is 0 Å². The van der Waals surface area contributed by atoms with E-state index in [9.17, 15) is 4.79 Å². The molecule has 1 aliphatic rings. The Hall–Kier alpha value is -3.09. The van der Waals surface area contributed by atoms with Gasteiger partial charge < -0.3 is 14.2 Å². The number of imidazole rings is 1. The van der Waals surface area contributed by atoms with Crippen LogP contribution in [0.25, 0.3) is 33.1 Å². The van der Waals surface area contributed by atoms with Gasteiger partial charge in [0.25, 0.3) is 0 Å². The minimum absolute atomic E-state index is 0.0834. The van der Waals surface area contributed by atoms with E-state index in [1.54, 1.807) is 13.3 Å². The van der Waals surface area contributed by atoms with Gasteiger partial charge in [-0.05, 0) is 44.7 Å². The second kappa shape index (κ2) is 5.70. The molecule has 138 valence electrons. The molecule has 0 spiro atoms. The number of hydrogen-bond acceptors (Lipinski definition) is 5. The van der Waals surface area contributed by atoms with Gasteiger partial charge in [0.15, 0.2) is 0 Å². The predicted octanol–water partition coefficient (Wildman–Crippen LogP) is 3.57. The Labute approximate surface area is 154 Å². The van der Waals surface area contributed by atoms with Gasteiger partial charge in [-0.15, -0.1) is 0 Å². The maximum absolute atomic E-state index is 12.5. The third-order valence-corrected chi connectivity index (χ3v) is 5.36. The van der Waals surface area contributed by atoms with Crippen LogP contribution in [0.1, 0.15) is 24.3 Å². The first-order valence-corrected chi connectivity index (χ1v) is 9.09. The molecule has 1 N–H and O–H groups in total. The Morgan fingerprint density at radius 3 is 2.81 bits per heavy atom. The molecule has 4 aromatic rings. The third-order valence-electron chi connectivity index (χ3n) is 5.36. The first-order valence-electron chi connectivity index (χ1n) is 9.09. The number of nitrogens with one attached hydrogen (secondary N) is 1. The van der Waals surface area contributed by atoms with E-state index in [0.29, 0.717) is 11.7 Å². The second-order valence-electron chi connectivity index (χ2n) is 7.27. The van der Waals surface area contributed by atoms with Gasteiger partial charge in [0.05, 0.1) is 41.1 Å². The number of aryl methyl sites for hydroxylation is 2. The lowest BCUT2D eigenvalue weighted by molar-refractivity contribution is 0.393. The zero-order valence-electron chi connectivity index (χ0n) is 15.5. The van der Waals surface area contributed by atoms with Crippen LogP contribution in [0.15, 0.2) is 27.6 Å². The Kier molecular flexibility index (Phi) is 3.40. The zero-order chi connectivity index (χ0) is 18.7. The van der Waals surface area contributed by atoms with Crippen LogP contribution in [-0.4, -0.2) is 26.8 Å². The van der Waals surface area contributed by atoms with E-state index in [4.69, 9.17) is 9.26 Å². The molecule has 0 atom stereocenters. The number of pyridine rings is 1. The summed E-state index contributed by atoms with van der Waals surface area (Å²) in [5.41, 5.74) is 4.97. The fourth-order valence-electron chi connectivity index (χ4n) is 3.84. The first kappa shape index (κ1) is 16.1. The smallest absolute Gasteiger partial charge is 0.326 e. The normalized spacial score (nSPS) is 14.3. The minimum Gasteiger partial charge on any atom is -0.496 e. The average Bonchev–Trinajstić information content (AvgIpc) is 3.34. The van der Waals surface area contributed by atoms with Crippen LogP contribution in [0, 0.1) is 19.8 Å². The lowest BCUT2D eigenvalue weighted by Crippen LogP contribution is -2.17. The van der Waals surface area contributed by atoms with Crippen LogP contribution < -0.4 is 10.4 Å². The molecule has 7 nitrogen and oxygen atoms in total. The summed E-state index contributed by atoms with van der Waals surface area (Å²) in [6, 6.07) is 3.95. The number of H-pyrrole nitrogens is 1. The first-order chi connectivity index (χ1) is 13.1. The van der Waals surface area contributed by atoms with Crippen LogP contribution in [0.5, 0.6) is 5.75 Å². The summed E-state index contributed by atoms with van der Waals surface area (Å²) in [6.07, 6.45) is 4.09. The van der Waals surface area contributed by atoms with Crippen molar-refractivity contribution in [2.45, 2.75) is 33.2 Å². The van der Waals surface area contributed by atoms with Crippen molar-refractivity contribution in [1.29, 1.82) is 0 Å². The second-order valence-corrected chi connectivity index (χ2v) is 7.27. The van der Waals surface area contributed by atoms with Gasteiger partial charge in [-0.25, -0.2) is 4.79 Å². The van der Waals surface area contributed by atoms with Gasteiger partial charge >= 0.3 is 5.69 Å². The highest BCUT2D eigenvalue weighted by Crippen LogP contribution is 2.39. The average molecular weight is 364 g/mol. The van der Waals surface area contributed by atoms with Crippen molar-refractivity contribution in [3.63, 3.8) is 0 Å². The van der Waals surface area contributed by atoms with Crippen molar-refractivity contribution in [2.75, 3.05) is 7.11 Å². The van der Waals surface area contributed by atoms with Gasteiger partial charge in [-0.1, -0.05) is 5.16 Å². The van der Waals surface area contributed by atoms with Gasteiger partial charge in [0, 0.05) is 17.5 Å². The van der Waals surface area contributed by atoms with E-state index in [0.717, 1.165) is 51.1 Å². The third kappa shape index (κ3) is 2.45. The topological polar surface area (TPSA) is 85.9 Å². The number of hydrogen-bond donors (Lipinski definition) is 1. The SMILES string of the molecule is COc1cc2c(cc1-c1c(C)noc1C)ncc1[nH]c(=O)n(CC3CC3)c12. The molecule has 1 aliphatic carbocycles. The fourth-order valence-corrected chi connectivity index (χ4v) is 3.84. The largest absolute Gasteiger partial charge is 0.496 e. The van der Waals surface area contributed by atoms with Crippen molar-refractivity contribution in [3.05, 3.63) is 40.3 Å². The van der Waals surface area contributed by atoms with Crippen molar-refractivity contribution >= 4 is 21.9 Å². The Morgan fingerprint density at radius 1 is 1.33 bits per heavy atom. The summed E-state index contributed by atoms with van der Waals surface area (Å²) in [4.78, 5) is 20.0. The molecule has 1 saturated carbocycles. The summed E-state index contributed by atoms with van der Waals surface area (Å²) < 4.78 is 12.8. The molecule has 3 heterocycles.